The maximum absolute atomic E-state index is 0. The molecule has 0 bridgehead atoms. The first-order chi connectivity index (χ1) is 0. The average Bonchev–Trinajstić information content (AvgIpc) is 0. The third kappa shape index (κ3) is 213. The minimum Gasteiger partial charge on any atom is -1.00 e. The molecule has 0 amide bonds. The van der Waals surface area contributed by atoms with Crippen molar-refractivity contribution in [1.82, 2.24) is 0 Å². The van der Waals surface area contributed by atoms with Gasteiger partial charge in [0.05, 0.1) is 0 Å². The molecular formula is H12CaCl4MgO6. The summed E-state index contributed by atoms with van der Waals surface area (Å²) in [5.74, 6) is 0. The maximum Gasteiger partial charge on any atom is 2.00 e. The summed E-state index contributed by atoms with van der Waals surface area (Å²) in [7, 11) is 0. The van der Waals surface area contributed by atoms with Crippen LogP contribution in [0.1, 0.15) is 0 Å². The van der Waals surface area contributed by atoms with E-state index in [-0.39, 0.29) is 143 Å². The van der Waals surface area contributed by atoms with E-state index >= 15 is 0 Å². The van der Waals surface area contributed by atoms with Crippen LogP contribution in [0.5, 0.6) is 0 Å². The van der Waals surface area contributed by atoms with Gasteiger partial charge in [0.2, 0.25) is 0 Å². The Hall–Kier alpha value is 2.95. The van der Waals surface area contributed by atoms with Gasteiger partial charge < -0.3 is 82.5 Å². The van der Waals surface area contributed by atoms with Gasteiger partial charge in [-0.1, -0.05) is 0 Å². The van der Waals surface area contributed by atoms with E-state index in [0.29, 0.717) is 0 Å². The molecule has 0 saturated heterocycles. The largest absolute Gasteiger partial charge is 2.00 e. The summed E-state index contributed by atoms with van der Waals surface area (Å²) < 4.78 is 0. The summed E-state index contributed by atoms with van der Waals surface area (Å²) in [5, 5.41) is 0. The molecule has 0 heterocycles. The van der Waals surface area contributed by atoms with Crippen molar-refractivity contribution in [2.45, 2.75) is 0 Å². The van der Waals surface area contributed by atoms with Crippen molar-refractivity contribution in [2.24, 2.45) is 0 Å². The van der Waals surface area contributed by atoms with Gasteiger partial charge in [0.25, 0.3) is 0 Å². The molecule has 0 aliphatic rings. The summed E-state index contributed by atoms with van der Waals surface area (Å²) in [6, 6.07) is 0. The van der Waals surface area contributed by atoms with Crippen LogP contribution >= 0.6 is 0 Å². The zero-order chi connectivity index (χ0) is 0. The number of hydrogen-bond donors (Lipinski definition) is 0. The molecule has 80 valence electrons. The first-order valence-corrected chi connectivity index (χ1v) is 0. The second kappa shape index (κ2) is 269. The van der Waals surface area contributed by atoms with Gasteiger partial charge in [-0.05, 0) is 0 Å². The van der Waals surface area contributed by atoms with Gasteiger partial charge in [0, 0.05) is 0 Å². The predicted octanol–water partition coefficient (Wildman–Crippen LogP) is -17.7. The molecule has 0 rings (SSSR count). The fourth-order valence-corrected chi connectivity index (χ4v) is 0. The maximum atomic E-state index is 0. The fraction of sp³-hybridized carbons (Fsp3) is 0. The Morgan fingerprint density at radius 3 is 0.333 bits per heavy atom. The summed E-state index contributed by atoms with van der Waals surface area (Å²) in [6.07, 6.45) is 0. The fourth-order valence-electron chi connectivity index (χ4n) is 0. The van der Waals surface area contributed by atoms with Gasteiger partial charge in [-0.2, -0.15) is 0 Å². The Balaban J connectivity index is 0. The molecule has 12 heteroatoms. The Bertz CT molecular complexity index is 19.5. The third-order valence-corrected chi connectivity index (χ3v) is 0. The molecule has 6 nitrogen and oxygen atoms in total. The van der Waals surface area contributed by atoms with Crippen molar-refractivity contribution in [1.29, 1.82) is 0 Å². The molecule has 0 radical (unpaired) electrons. The molecule has 0 unspecified atom stereocenters. The van der Waals surface area contributed by atoms with Crippen LogP contribution in [-0.4, -0.2) is 93.6 Å². The van der Waals surface area contributed by atoms with Gasteiger partial charge in [0.15, 0.2) is 0 Å². The number of halogens is 4. The molecule has 0 atom stereocenters. The minimum absolute atomic E-state index is 0. The summed E-state index contributed by atoms with van der Waals surface area (Å²) in [6.45, 7) is 0. The SMILES string of the molecule is O.O.O.O.O.O.[Ca+2].[Cl-].[Cl-].[Cl-].[Cl-].[Mg+2]. The van der Waals surface area contributed by atoms with Crippen molar-refractivity contribution in [2.75, 3.05) is 0 Å². The molecule has 0 aromatic rings. The second-order valence-corrected chi connectivity index (χ2v) is 0. The summed E-state index contributed by atoms with van der Waals surface area (Å²) in [5.41, 5.74) is 0. The van der Waals surface area contributed by atoms with Crippen LogP contribution in [-0.2, 0) is 0 Å². The van der Waals surface area contributed by atoms with E-state index in [0.717, 1.165) is 0 Å². The Labute approximate surface area is 141 Å². The monoisotopic (exact) mass is 312 g/mol. The second-order valence-electron chi connectivity index (χ2n) is 0. The molecular weight excluding hydrogens is 302 g/mol. The van der Waals surface area contributed by atoms with Gasteiger partial charge in [-0.15, -0.1) is 0 Å². The Morgan fingerprint density at radius 1 is 0.333 bits per heavy atom. The van der Waals surface area contributed by atoms with Crippen LogP contribution in [0.15, 0.2) is 0 Å². The Kier molecular flexibility index (Phi) is 7520. The first kappa shape index (κ1) is 335. The molecule has 0 spiro atoms. The van der Waals surface area contributed by atoms with E-state index in [1.165, 1.54) is 0 Å². The van der Waals surface area contributed by atoms with E-state index in [9.17, 15) is 0 Å². The third-order valence-electron chi connectivity index (χ3n) is 0. The van der Waals surface area contributed by atoms with Crippen molar-refractivity contribution in [3.63, 3.8) is 0 Å². The van der Waals surface area contributed by atoms with E-state index in [1.807, 2.05) is 0 Å². The van der Waals surface area contributed by atoms with Gasteiger partial charge in [-0.25, -0.2) is 0 Å². The summed E-state index contributed by atoms with van der Waals surface area (Å²) in [4.78, 5) is 0. The Morgan fingerprint density at radius 2 is 0.333 bits per heavy atom. The normalized spacial score (nSPS) is 0. The van der Waals surface area contributed by atoms with Crippen molar-refractivity contribution in [3.8, 4) is 0 Å². The van der Waals surface area contributed by atoms with Gasteiger partial charge in [-0.3, -0.25) is 0 Å². The molecule has 0 saturated carbocycles. The molecule has 12 N–H and O–H groups in total. The zero-order valence-electron chi connectivity index (χ0n) is 5.93. The standard InChI is InChI=1S/Ca.4ClH.Mg.6H2O/h;4*1H;;6*1H2/q+2;;;;;+2;;;;;;/p-4. The van der Waals surface area contributed by atoms with Gasteiger partial charge in [0.1, 0.15) is 0 Å². The van der Waals surface area contributed by atoms with Gasteiger partial charge >= 0.3 is 60.8 Å². The van der Waals surface area contributed by atoms with Crippen LogP contribution in [0, 0.1) is 0 Å². The zero-order valence-corrected chi connectivity index (χ0v) is 12.6. The van der Waals surface area contributed by atoms with Crippen LogP contribution in [0.3, 0.4) is 0 Å². The summed E-state index contributed by atoms with van der Waals surface area (Å²) >= 11 is 0. The van der Waals surface area contributed by atoms with Crippen LogP contribution in [0.4, 0.5) is 0 Å². The average molecular weight is 314 g/mol. The molecule has 0 aromatic heterocycles. The first-order valence-electron chi connectivity index (χ1n) is 0. The quantitative estimate of drug-likeness (QED) is 0.384. The number of rotatable bonds is 0. The van der Waals surface area contributed by atoms with Crippen LogP contribution in [0.25, 0.3) is 0 Å². The minimum atomic E-state index is 0. The topological polar surface area (TPSA) is 189 Å². The molecule has 0 fully saturated rings. The van der Waals surface area contributed by atoms with Crippen LogP contribution in [0.2, 0.25) is 0 Å². The van der Waals surface area contributed by atoms with E-state index in [2.05, 4.69) is 0 Å². The van der Waals surface area contributed by atoms with E-state index in [1.54, 1.807) is 0 Å². The molecule has 0 aliphatic carbocycles. The van der Waals surface area contributed by atoms with Crippen LogP contribution < -0.4 is 49.6 Å². The van der Waals surface area contributed by atoms with E-state index < -0.39 is 0 Å². The molecule has 0 aromatic carbocycles. The molecule has 0 aliphatic heterocycles. The van der Waals surface area contributed by atoms with Crippen molar-refractivity contribution < 1.29 is 82.5 Å². The van der Waals surface area contributed by atoms with E-state index in [4.69, 9.17) is 0 Å². The number of hydrogen-bond acceptors (Lipinski definition) is 0. The molecule has 12 heavy (non-hydrogen) atoms. The van der Waals surface area contributed by atoms with Crippen molar-refractivity contribution >= 4 is 60.8 Å². The smallest absolute Gasteiger partial charge is 1.00 e. The predicted molar refractivity (Wildman–Crippen MR) is 33.2 cm³/mol. The van der Waals surface area contributed by atoms with Crippen molar-refractivity contribution in [3.05, 3.63) is 0 Å².